The molecule has 3 rings (SSSR count). The van der Waals surface area contributed by atoms with Gasteiger partial charge in [0.1, 0.15) is 0 Å². The van der Waals surface area contributed by atoms with E-state index in [2.05, 4.69) is 46.7 Å². The largest absolute Gasteiger partial charge is 0.315 e. The van der Waals surface area contributed by atoms with Crippen molar-refractivity contribution >= 4 is 23.8 Å². The van der Waals surface area contributed by atoms with Gasteiger partial charge in [0.2, 0.25) is 0 Å². The quantitative estimate of drug-likeness (QED) is 0.851. The van der Waals surface area contributed by atoms with Crippen LogP contribution in [-0.2, 0) is 6.42 Å². The van der Waals surface area contributed by atoms with Crippen LogP contribution in [0.15, 0.2) is 42.7 Å². The Morgan fingerprint density at radius 1 is 1.20 bits per heavy atom. The van der Waals surface area contributed by atoms with E-state index in [1.165, 1.54) is 16.7 Å². The molecule has 3 heteroatoms. The number of alkyl halides is 1. The zero-order chi connectivity index (χ0) is 13.8. The predicted molar refractivity (Wildman–Crippen MR) is 84.8 cm³/mol. The highest BCUT2D eigenvalue weighted by Crippen LogP contribution is 2.29. The van der Waals surface area contributed by atoms with Crippen LogP contribution in [0.25, 0.3) is 12.2 Å². The molecule has 1 unspecified atom stereocenters. The molecule has 1 N–H and O–H groups in total. The molecule has 102 valence electrons. The fourth-order valence-electron chi connectivity index (χ4n) is 2.57. The van der Waals surface area contributed by atoms with Crippen LogP contribution < -0.4 is 5.32 Å². The maximum Gasteiger partial charge on any atom is 0.0712 e. The van der Waals surface area contributed by atoms with Crippen molar-refractivity contribution in [2.75, 3.05) is 13.1 Å². The Balaban J connectivity index is 1.94. The minimum Gasteiger partial charge on any atom is -0.315 e. The van der Waals surface area contributed by atoms with E-state index in [-0.39, 0.29) is 5.38 Å². The summed E-state index contributed by atoms with van der Waals surface area (Å²) in [6.07, 6.45) is 8.93. The number of halogens is 1. The molecule has 0 aliphatic carbocycles. The third-order valence-electron chi connectivity index (χ3n) is 3.60. The normalized spacial score (nSPS) is 18.8. The molecule has 1 aromatic carbocycles. The van der Waals surface area contributed by atoms with Crippen molar-refractivity contribution in [2.24, 2.45) is 0 Å². The van der Waals surface area contributed by atoms with E-state index in [0.717, 1.165) is 25.1 Å². The van der Waals surface area contributed by atoms with Crippen molar-refractivity contribution < 1.29 is 0 Å². The van der Waals surface area contributed by atoms with Gasteiger partial charge in [-0.2, -0.15) is 0 Å². The van der Waals surface area contributed by atoms with Gasteiger partial charge in [-0.25, -0.2) is 0 Å². The van der Waals surface area contributed by atoms with Gasteiger partial charge in [0, 0.05) is 18.9 Å². The maximum atomic E-state index is 6.44. The molecule has 2 nitrogen and oxygen atoms in total. The number of benzene rings is 1. The van der Waals surface area contributed by atoms with Crippen LogP contribution in [0, 0.1) is 0 Å². The summed E-state index contributed by atoms with van der Waals surface area (Å²) in [5, 5.41) is 3.43. The lowest BCUT2D eigenvalue weighted by Crippen LogP contribution is -2.17. The van der Waals surface area contributed by atoms with Gasteiger partial charge in [-0.15, -0.1) is 11.6 Å². The second-order valence-corrected chi connectivity index (χ2v) is 5.48. The Morgan fingerprint density at radius 2 is 2.15 bits per heavy atom. The van der Waals surface area contributed by atoms with Crippen LogP contribution >= 0.6 is 11.6 Å². The number of rotatable bonds is 2. The molecule has 0 fully saturated rings. The summed E-state index contributed by atoms with van der Waals surface area (Å²) in [4.78, 5) is 4.13. The van der Waals surface area contributed by atoms with E-state index in [4.69, 9.17) is 11.6 Å². The molecule has 1 aliphatic heterocycles. The van der Waals surface area contributed by atoms with Crippen LogP contribution in [0.2, 0.25) is 0 Å². The van der Waals surface area contributed by atoms with Crippen LogP contribution in [0.4, 0.5) is 0 Å². The summed E-state index contributed by atoms with van der Waals surface area (Å²) in [5.41, 5.74) is 4.97. The van der Waals surface area contributed by atoms with E-state index in [1.54, 1.807) is 6.20 Å². The molecule has 1 aliphatic rings. The zero-order valence-electron chi connectivity index (χ0n) is 11.2. The van der Waals surface area contributed by atoms with Crippen molar-refractivity contribution in [1.82, 2.24) is 10.3 Å². The summed E-state index contributed by atoms with van der Waals surface area (Å²) < 4.78 is 0. The lowest BCUT2D eigenvalue weighted by molar-refractivity contribution is 0.700. The molecule has 0 saturated carbocycles. The van der Waals surface area contributed by atoms with Crippen molar-refractivity contribution in [2.45, 2.75) is 11.8 Å². The van der Waals surface area contributed by atoms with Crippen LogP contribution in [-0.4, -0.2) is 18.1 Å². The van der Waals surface area contributed by atoms with Gasteiger partial charge in [0.05, 0.1) is 5.38 Å². The Labute approximate surface area is 124 Å². The van der Waals surface area contributed by atoms with E-state index in [0.29, 0.717) is 0 Å². The summed E-state index contributed by atoms with van der Waals surface area (Å²) >= 11 is 6.44. The number of nitrogens with zero attached hydrogens (tertiary/aromatic N) is 1. The van der Waals surface area contributed by atoms with E-state index < -0.39 is 0 Å². The molecular weight excluding hydrogens is 268 g/mol. The van der Waals surface area contributed by atoms with Gasteiger partial charge < -0.3 is 5.32 Å². The Kier molecular flexibility index (Phi) is 4.14. The van der Waals surface area contributed by atoms with Gasteiger partial charge in [-0.1, -0.05) is 36.4 Å². The van der Waals surface area contributed by atoms with Gasteiger partial charge in [0.15, 0.2) is 0 Å². The molecule has 0 saturated heterocycles. The summed E-state index contributed by atoms with van der Waals surface area (Å²) in [5.74, 6) is 0. The molecule has 2 aromatic rings. The third-order valence-corrected chi connectivity index (χ3v) is 3.99. The molecule has 0 radical (unpaired) electrons. The van der Waals surface area contributed by atoms with E-state index in [9.17, 15) is 0 Å². The van der Waals surface area contributed by atoms with Crippen LogP contribution in [0.5, 0.6) is 0 Å². The Hall–Kier alpha value is -1.64. The summed E-state index contributed by atoms with van der Waals surface area (Å²) in [6, 6.07) is 10.4. The first kappa shape index (κ1) is 13.3. The minimum absolute atomic E-state index is 0.0549. The summed E-state index contributed by atoms with van der Waals surface area (Å²) in [7, 11) is 0. The molecule has 1 atom stereocenters. The number of hydrogen-bond acceptors (Lipinski definition) is 2. The third kappa shape index (κ3) is 2.92. The van der Waals surface area contributed by atoms with Gasteiger partial charge in [-0.3, -0.25) is 4.98 Å². The highest BCUT2D eigenvalue weighted by Gasteiger charge is 2.17. The first-order chi connectivity index (χ1) is 9.84. The number of pyridine rings is 1. The monoisotopic (exact) mass is 284 g/mol. The number of fused-ring (bicyclic) bond motifs is 1. The zero-order valence-corrected chi connectivity index (χ0v) is 12.0. The Bertz CT molecular complexity index is 608. The second kappa shape index (κ2) is 6.21. The van der Waals surface area contributed by atoms with Crippen molar-refractivity contribution in [3.05, 3.63) is 65.0 Å². The molecule has 1 aromatic heterocycles. The molecule has 0 bridgehead atoms. The maximum absolute atomic E-state index is 6.44. The lowest BCUT2D eigenvalue weighted by Gasteiger charge is -2.12. The smallest absolute Gasteiger partial charge is 0.0712 e. The van der Waals surface area contributed by atoms with E-state index >= 15 is 0 Å². The van der Waals surface area contributed by atoms with Crippen molar-refractivity contribution in [1.29, 1.82) is 0 Å². The van der Waals surface area contributed by atoms with Gasteiger partial charge in [-0.05, 0) is 41.3 Å². The second-order valence-electron chi connectivity index (χ2n) is 4.96. The molecule has 0 amide bonds. The first-order valence-corrected chi connectivity index (χ1v) is 7.33. The number of nitrogens with one attached hydrogen (secondary N) is 1. The van der Waals surface area contributed by atoms with E-state index in [1.807, 2.05) is 12.3 Å². The van der Waals surface area contributed by atoms with Crippen LogP contribution in [0.3, 0.4) is 0 Å². The highest BCUT2D eigenvalue weighted by molar-refractivity contribution is 6.21. The SMILES string of the molecule is ClC1CNCCc2c(C=Cc3cccnc3)cccc21. The van der Waals surface area contributed by atoms with Crippen molar-refractivity contribution in [3.63, 3.8) is 0 Å². The number of aromatic nitrogens is 1. The van der Waals surface area contributed by atoms with Crippen molar-refractivity contribution in [3.8, 4) is 0 Å². The predicted octanol–water partition coefficient (Wildman–Crippen LogP) is 3.68. The minimum atomic E-state index is 0.0549. The number of hydrogen-bond donors (Lipinski definition) is 1. The summed E-state index contributed by atoms with van der Waals surface area (Å²) in [6.45, 7) is 1.82. The average molecular weight is 285 g/mol. The average Bonchev–Trinajstić information content (AvgIpc) is 2.69. The fraction of sp³-hybridized carbons (Fsp3) is 0.235. The standard InChI is InChI=1S/C17H17ClN2/c18-17-12-20-10-8-15-14(4-1-5-16(15)17)7-6-13-3-2-9-19-11-13/h1-7,9,11,17,20H,8,10,12H2. The lowest BCUT2D eigenvalue weighted by atomic mass is 9.96. The topological polar surface area (TPSA) is 24.9 Å². The van der Waals surface area contributed by atoms with Crippen LogP contribution in [0.1, 0.15) is 27.6 Å². The Morgan fingerprint density at radius 3 is 3.00 bits per heavy atom. The first-order valence-electron chi connectivity index (χ1n) is 6.89. The van der Waals surface area contributed by atoms with Gasteiger partial charge >= 0.3 is 0 Å². The van der Waals surface area contributed by atoms with Gasteiger partial charge in [0.25, 0.3) is 0 Å². The molecule has 2 heterocycles. The molecule has 20 heavy (non-hydrogen) atoms. The fourth-order valence-corrected chi connectivity index (χ4v) is 2.89. The highest BCUT2D eigenvalue weighted by atomic mass is 35.5. The molecule has 0 spiro atoms. The molecular formula is C17H17ClN2.